The summed E-state index contributed by atoms with van der Waals surface area (Å²) in [5.41, 5.74) is 0. The fraction of sp³-hybridized carbons (Fsp3) is 0.667. The van der Waals surface area contributed by atoms with Crippen molar-refractivity contribution in [1.29, 1.82) is 0 Å². The van der Waals surface area contributed by atoms with Crippen LogP contribution in [0.25, 0.3) is 0 Å². The van der Waals surface area contributed by atoms with Crippen LogP contribution in [0.4, 0.5) is 0 Å². The first kappa shape index (κ1) is 21.5. The van der Waals surface area contributed by atoms with Crippen LogP contribution in [0.3, 0.4) is 0 Å². The monoisotopic (exact) mass is 454 g/mol. The molecule has 0 rings (SSSR count). The van der Waals surface area contributed by atoms with Crippen LogP contribution in [0.2, 0.25) is 0 Å². The fourth-order valence-electron chi connectivity index (χ4n) is 0.216. The molecule has 0 bridgehead atoms. The van der Waals surface area contributed by atoms with Crippen molar-refractivity contribution in [2.75, 3.05) is 13.2 Å². The van der Waals surface area contributed by atoms with Crippen molar-refractivity contribution in [1.82, 2.24) is 0 Å². The van der Waals surface area contributed by atoms with Gasteiger partial charge >= 0.3 is 63.3 Å². The number of hydrogen-bond acceptors (Lipinski definition) is 8. The Hall–Kier alpha value is 0.256. The zero-order valence-corrected chi connectivity index (χ0v) is 13.8. The Labute approximate surface area is 114 Å². The van der Waals surface area contributed by atoms with Crippen LogP contribution >= 0.6 is 0 Å². The van der Waals surface area contributed by atoms with Gasteiger partial charge in [0.05, 0.1) is 13.2 Å². The average molecular weight is 456 g/mol. The van der Waals surface area contributed by atoms with Crippen molar-refractivity contribution in [3.05, 3.63) is 0 Å². The van der Waals surface area contributed by atoms with E-state index in [0.29, 0.717) is 0 Å². The first-order valence-electron chi connectivity index (χ1n) is 3.68. The summed E-state index contributed by atoms with van der Waals surface area (Å²) < 4.78 is 26.6. The van der Waals surface area contributed by atoms with Crippen molar-refractivity contribution in [2.24, 2.45) is 0 Å². The quantitative estimate of drug-likeness (QED) is 0.284. The Morgan fingerprint density at radius 1 is 1.00 bits per heavy atom. The molecule has 0 spiro atoms. The molecule has 0 fully saturated rings. The molecule has 0 aliphatic rings. The minimum atomic E-state index is -1.66. The Balaban J connectivity index is -0.000000166. The minimum absolute atomic E-state index is 0.125. The van der Waals surface area contributed by atoms with Crippen molar-refractivity contribution >= 4 is 56.0 Å². The number of carbonyl (C=O) groups excluding carboxylic acids is 2. The summed E-state index contributed by atoms with van der Waals surface area (Å²) in [4.78, 5) is 19.6. The third-order valence-corrected chi connectivity index (χ3v) is 3.39. The van der Waals surface area contributed by atoms with Gasteiger partial charge in [0.15, 0.2) is 0 Å². The van der Waals surface area contributed by atoms with Crippen molar-refractivity contribution < 1.29 is 31.9 Å². The predicted molar refractivity (Wildman–Crippen MR) is 50.6 cm³/mol. The maximum atomic E-state index is 9.81. The molecular weight excluding hydrogens is 444 g/mol. The van der Waals surface area contributed by atoms with Crippen LogP contribution in [0, 0.1) is 0 Å². The Bertz CT molecular complexity index is 187. The molecule has 0 aliphatic heterocycles. The molecule has 0 unspecified atom stereocenters. The summed E-state index contributed by atoms with van der Waals surface area (Å²) in [6.45, 7) is 2.11. The molecule has 0 radical (unpaired) electrons. The number of aliphatic hydroxyl groups excluding tert-OH is 2. The summed E-state index contributed by atoms with van der Waals surface area (Å²) >= 11 is -3.31. The summed E-state index contributed by atoms with van der Waals surface area (Å²) in [5, 5.41) is 15.2. The van der Waals surface area contributed by atoms with E-state index in [9.17, 15) is 15.6 Å². The van der Waals surface area contributed by atoms with Crippen LogP contribution in [-0.4, -0.2) is 79.4 Å². The van der Waals surface area contributed by atoms with Crippen LogP contribution < -0.4 is 0 Å². The summed E-state index contributed by atoms with van der Waals surface area (Å²) in [5.74, 6) is -1.12. The molecular formula is C6H12O8Sb2. The average Bonchev–Trinajstić information content (AvgIpc) is 2.18. The molecule has 10 heteroatoms. The van der Waals surface area contributed by atoms with Crippen molar-refractivity contribution in [2.45, 2.75) is 13.8 Å². The number of hydrogen-bond donors (Lipinski definition) is 2. The Morgan fingerprint density at radius 2 is 1.31 bits per heavy atom. The Morgan fingerprint density at radius 3 is 1.31 bits per heavy atom. The van der Waals surface area contributed by atoms with E-state index in [1.54, 1.807) is 0 Å². The molecule has 0 atom stereocenters. The van der Waals surface area contributed by atoms with Gasteiger partial charge in [-0.05, 0) is 0 Å². The normalized spacial score (nSPS) is 7.25. The molecule has 0 amide bonds. The second-order valence-electron chi connectivity index (χ2n) is 1.76. The van der Waals surface area contributed by atoms with E-state index in [0.717, 1.165) is 0 Å². The topological polar surface area (TPSA) is 127 Å². The second kappa shape index (κ2) is 20.6. The van der Waals surface area contributed by atoms with Gasteiger partial charge in [-0.3, -0.25) is 9.59 Å². The third kappa shape index (κ3) is 47.6. The molecule has 16 heavy (non-hydrogen) atoms. The molecule has 0 saturated heterocycles. The van der Waals surface area contributed by atoms with Gasteiger partial charge in [-0.25, -0.2) is 0 Å². The molecule has 0 aromatic heterocycles. The van der Waals surface area contributed by atoms with Crippen LogP contribution in [0.1, 0.15) is 13.8 Å². The molecule has 8 nitrogen and oxygen atoms in total. The third-order valence-electron chi connectivity index (χ3n) is 0.454. The molecule has 0 heterocycles. The molecule has 0 aromatic carbocycles. The van der Waals surface area contributed by atoms with Crippen LogP contribution in [0.15, 0.2) is 0 Å². The van der Waals surface area contributed by atoms with Gasteiger partial charge in [-0.15, -0.1) is 0 Å². The van der Waals surface area contributed by atoms with E-state index in [2.05, 4.69) is 6.03 Å². The van der Waals surface area contributed by atoms with E-state index in [1.165, 1.54) is 13.8 Å². The zero-order valence-electron chi connectivity index (χ0n) is 8.65. The SMILES string of the molecule is CC(=O)OC(C)=O.OCCO.[O]=[Sb][O][Sb]=[O]. The summed E-state index contributed by atoms with van der Waals surface area (Å²) in [7, 11) is 0. The van der Waals surface area contributed by atoms with Crippen molar-refractivity contribution in [3.63, 3.8) is 0 Å². The number of carbonyl (C=O) groups is 2. The van der Waals surface area contributed by atoms with Crippen LogP contribution in [-0.2, 0) is 21.7 Å². The summed E-state index contributed by atoms with van der Waals surface area (Å²) in [6, 6.07) is 0. The second-order valence-corrected chi connectivity index (χ2v) is 6.21. The van der Waals surface area contributed by atoms with E-state index >= 15 is 0 Å². The van der Waals surface area contributed by atoms with Gasteiger partial charge in [0.2, 0.25) is 0 Å². The van der Waals surface area contributed by atoms with Crippen LogP contribution in [0.5, 0.6) is 0 Å². The molecule has 0 saturated carbocycles. The molecule has 94 valence electrons. The first-order chi connectivity index (χ1) is 7.45. The van der Waals surface area contributed by atoms with Gasteiger partial charge in [-0.2, -0.15) is 0 Å². The standard InChI is InChI=1S/C4H6O3.C2H6O2.3O.2Sb/c1-3(5)7-4(2)6;3-1-2-4;;;;;/h1-2H3;3-4H,1-2H2;;;;;. The number of aliphatic hydroxyl groups is 2. The van der Waals surface area contributed by atoms with Gasteiger partial charge in [0, 0.05) is 13.8 Å². The number of rotatable bonds is 3. The number of esters is 2. The maximum absolute atomic E-state index is 9.81. The van der Waals surface area contributed by atoms with E-state index < -0.39 is 56.0 Å². The van der Waals surface area contributed by atoms with Gasteiger partial charge in [-0.1, -0.05) is 0 Å². The molecule has 0 aromatic rings. The zero-order chi connectivity index (χ0) is 13.4. The molecule has 0 aliphatic carbocycles. The predicted octanol–water partition coefficient (Wildman–Crippen LogP) is -2.00. The fourth-order valence-corrected chi connectivity index (χ4v) is 0.815. The van der Waals surface area contributed by atoms with E-state index in [-0.39, 0.29) is 13.2 Å². The first-order valence-corrected chi connectivity index (χ1v) is 7.85. The van der Waals surface area contributed by atoms with E-state index in [1.807, 2.05) is 0 Å². The Kier molecular flexibility index (Phi) is 27.8. The van der Waals surface area contributed by atoms with E-state index in [4.69, 9.17) is 10.2 Å². The number of ether oxygens (including phenoxy) is 1. The van der Waals surface area contributed by atoms with Gasteiger partial charge in [0.25, 0.3) is 0 Å². The molecule has 2 N–H and O–H groups in total. The van der Waals surface area contributed by atoms with Crippen molar-refractivity contribution in [3.8, 4) is 0 Å². The summed E-state index contributed by atoms with van der Waals surface area (Å²) in [6.07, 6.45) is 0. The van der Waals surface area contributed by atoms with Gasteiger partial charge < -0.3 is 14.9 Å². The van der Waals surface area contributed by atoms with Gasteiger partial charge in [0.1, 0.15) is 0 Å².